The van der Waals surface area contributed by atoms with E-state index in [1.165, 1.54) is 4.90 Å². The molecule has 8 heteroatoms. The van der Waals surface area contributed by atoms with Crippen LogP contribution in [0.4, 0.5) is 5.69 Å². The fourth-order valence-corrected chi connectivity index (χ4v) is 6.60. The van der Waals surface area contributed by atoms with Gasteiger partial charge in [-0.3, -0.25) is 14.4 Å². The number of nitrogens with zero attached hydrogens (tertiary/aromatic N) is 1. The van der Waals surface area contributed by atoms with Crippen molar-refractivity contribution in [3.8, 4) is 0 Å². The van der Waals surface area contributed by atoms with Crippen LogP contribution in [0.25, 0.3) is 0 Å². The number of likely N-dealkylation sites (tertiary alicyclic amines) is 1. The van der Waals surface area contributed by atoms with E-state index in [1.54, 1.807) is 0 Å². The van der Waals surface area contributed by atoms with Crippen molar-refractivity contribution in [2.75, 3.05) is 11.9 Å². The van der Waals surface area contributed by atoms with E-state index in [1.807, 2.05) is 69.3 Å². The zero-order chi connectivity index (χ0) is 26.3. The second-order valence-electron chi connectivity index (χ2n) is 10.5. The topological polar surface area (TPSA) is 108 Å². The van der Waals surface area contributed by atoms with Crippen molar-refractivity contribution in [3.63, 3.8) is 0 Å². The Kier molecular flexibility index (Phi) is 6.81. The number of para-hydroxylation sites is 1. The number of carbonyl (C=O) groups is 3. The number of aryl methyl sites for hydroxylation is 2. The zero-order valence-electron chi connectivity index (χ0n) is 21.6. The molecule has 3 amide bonds. The summed E-state index contributed by atoms with van der Waals surface area (Å²) in [6.07, 6.45) is 1.17. The maximum Gasteiger partial charge on any atom is 0.250 e. The van der Waals surface area contributed by atoms with Crippen LogP contribution >= 0.6 is 0 Å². The first kappa shape index (κ1) is 25.4. The molecule has 2 aromatic rings. The lowest BCUT2D eigenvalue weighted by atomic mass is 9.70. The molecule has 0 aromatic heterocycles. The highest BCUT2D eigenvalue weighted by Gasteiger charge is 2.75. The predicted molar refractivity (Wildman–Crippen MR) is 138 cm³/mol. The molecule has 0 saturated carbocycles. The Morgan fingerprint density at radius 3 is 2.46 bits per heavy atom. The summed E-state index contributed by atoms with van der Waals surface area (Å²) in [5.41, 5.74) is 2.41. The van der Waals surface area contributed by atoms with Crippen molar-refractivity contribution in [2.45, 2.75) is 70.4 Å². The lowest BCUT2D eigenvalue weighted by Gasteiger charge is -2.36. The van der Waals surface area contributed by atoms with E-state index in [2.05, 4.69) is 10.6 Å². The number of hydrogen-bond acceptors (Lipinski definition) is 5. The molecule has 2 unspecified atom stereocenters. The number of fused-ring (bicyclic) bond motifs is 1. The molecule has 0 radical (unpaired) electrons. The van der Waals surface area contributed by atoms with E-state index in [4.69, 9.17) is 4.74 Å². The van der Waals surface area contributed by atoms with Gasteiger partial charge in [0.2, 0.25) is 17.7 Å². The molecule has 3 N–H and O–H groups in total. The average Bonchev–Trinajstić information content (AvgIpc) is 3.54. The van der Waals surface area contributed by atoms with Gasteiger partial charge in [0, 0.05) is 12.2 Å². The van der Waals surface area contributed by atoms with Gasteiger partial charge in [0.1, 0.15) is 11.6 Å². The molecule has 37 heavy (non-hydrogen) atoms. The van der Waals surface area contributed by atoms with Crippen LogP contribution in [0.2, 0.25) is 0 Å². The number of carbonyl (C=O) groups excluding carboxylic acids is 3. The first-order chi connectivity index (χ1) is 17.8. The van der Waals surface area contributed by atoms with Crippen LogP contribution in [0.3, 0.4) is 0 Å². The monoisotopic (exact) mass is 505 g/mol. The molecule has 196 valence electrons. The number of hydrogen-bond donors (Lipinski definition) is 3. The molecule has 2 bridgehead atoms. The highest BCUT2D eigenvalue weighted by molar-refractivity contribution is 6.04. The molecule has 6 atom stereocenters. The maximum atomic E-state index is 14.0. The van der Waals surface area contributed by atoms with E-state index in [0.29, 0.717) is 31.5 Å². The van der Waals surface area contributed by atoms with Crippen LogP contribution in [0.1, 0.15) is 42.9 Å². The number of aliphatic hydroxyl groups is 1. The van der Waals surface area contributed by atoms with Gasteiger partial charge in [0.05, 0.1) is 30.6 Å². The summed E-state index contributed by atoms with van der Waals surface area (Å²) in [7, 11) is 0. The van der Waals surface area contributed by atoms with Gasteiger partial charge >= 0.3 is 0 Å². The molecule has 1 spiro atoms. The molecule has 3 aliphatic heterocycles. The van der Waals surface area contributed by atoms with E-state index in [0.717, 1.165) is 16.7 Å². The summed E-state index contributed by atoms with van der Waals surface area (Å²) in [6.45, 7) is 5.81. The standard InChI is InChI=1S/C29H35N3O5/c1-4-20(16-33)32-25(27(35)31-24-17(2)9-8-10-18(24)3)29-14-13-21(37-29)22(23(29)28(32)36)26(34)30-15-19-11-6-5-7-12-19/h5-12,20-23,25,33H,4,13-16H2,1-3H3,(H,30,34)(H,31,35)/t20-,21-,22+,23-,25?,29?/m0/s1. The van der Waals surface area contributed by atoms with Crippen molar-refractivity contribution >= 4 is 23.4 Å². The van der Waals surface area contributed by atoms with E-state index >= 15 is 0 Å². The van der Waals surface area contributed by atoms with Crippen LogP contribution in [0.5, 0.6) is 0 Å². The van der Waals surface area contributed by atoms with E-state index < -0.39 is 35.6 Å². The summed E-state index contributed by atoms with van der Waals surface area (Å²) in [5, 5.41) is 16.2. The second-order valence-corrected chi connectivity index (χ2v) is 10.5. The molecule has 5 rings (SSSR count). The van der Waals surface area contributed by atoms with Gasteiger partial charge in [0.25, 0.3) is 0 Å². The third-order valence-corrected chi connectivity index (χ3v) is 8.40. The second kappa shape index (κ2) is 9.91. The molecule has 2 aromatic carbocycles. The molecular formula is C29H35N3O5. The Morgan fingerprint density at radius 1 is 1.11 bits per heavy atom. The van der Waals surface area contributed by atoms with Crippen LogP contribution in [0, 0.1) is 25.7 Å². The quantitative estimate of drug-likeness (QED) is 0.511. The third kappa shape index (κ3) is 4.12. The van der Waals surface area contributed by atoms with Gasteiger partial charge in [-0.1, -0.05) is 55.5 Å². The van der Waals surface area contributed by atoms with Crippen LogP contribution in [-0.2, 0) is 25.7 Å². The van der Waals surface area contributed by atoms with Crippen molar-refractivity contribution in [1.29, 1.82) is 0 Å². The van der Waals surface area contributed by atoms with Gasteiger partial charge in [0.15, 0.2) is 0 Å². The normalized spacial score (nSPS) is 28.8. The first-order valence-electron chi connectivity index (χ1n) is 13.1. The molecule has 3 fully saturated rings. The minimum absolute atomic E-state index is 0.235. The summed E-state index contributed by atoms with van der Waals surface area (Å²) >= 11 is 0. The van der Waals surface area contributed by atoms with E-state index in [-0.39, 0.29) is 24.3 Å². The highest BCUT2D eigenvalue weighted by atomic mass is 16.5. The molecule has 0 aliphatic carbocycles. The summed E-state index contributed by atoms with van der Waals surface area (Å²) in [5.74, 6) is -2.31. The Hall–Kier alpha value is -3.23. The number of ether oxygens (including phenoxy) is 1. The van der Waals surface area contributed by atoms with Crippen molar-refractivity contribution < 1.29 is 24.2 Å². The minimum Gasteiger partial charge on any atom is -0.394 e. The van der Waals surface area contributed by atoms with Crippen LogP contribution < -0.4 is 10.6 Å². The number of rotatable bonds is 8. The van der Waals surface area contributed by atoms with Crippen LogP contribution in [-0.4, -0.2) is 58.1 Å². The lowest BCUT2D eigenvalue weighted by molar-refractivity contribution is -0.144. The first-order valence-corrected chi connectivity index (χ1v) is 13.1. The van der Waals surface area contributed by atoms with E-state index in [9.17, 15) is 19.5 Å². The number of nitrogens with one attached hydrogen (secondary N) is 2. The number of aliphatic hydroxyl groups excluding tert-OH is 1. The predicted octanol–water partition coefficient (Wildman–Crippen LogP) is 2.70. The summed E-state index contributed by atoms with van der Waals surface area (Å²) in [4.78, 5) is 42.9. The van der Waals surface area contributed by atoms with Gasteiger partial charge in [-0.05, 0) is 49.8 Å². The average molecular weight is 506 g/mol. The largest absolute Gasteiger partial charge is 0.394 e. The Morgan fingerprint density at radius 2 is 1.81 bits per heavy atom. The van der Waals surface area contributed by atoms with Gasteiger partial charge in [-0.25, -0.2) is 0 Å². The lowest BCUT2D eigenvalue weighted by Crippen LogP contribution is -2.56. The number of amides is 3. The van der Waals surface area contributed by atoms with Crippen LogP contribution in [0.15, 0.2) is 48.5 Å². The van der Waals surface area contributed by atoms with Gasteiger partial charge < -0.3 is 25.4 Å². The van der Waals surface area contributed by atoms with Crippen molar-refractivity contribution in [3.05, 3.63) is 65.2 Å². The smallest absolute Gasteiger partial charge is 0.250 e. The Balaban J connectivity index is 1.47. The summed E-state index contributed by atoms with van der Waals surface area (Å²) < 4.78 is 6.48. The number of anilines is 1. The SMILES string of the molecule is CC[C@@H](CO)N1C(=O)[C@@H]2[C@H](C(=O)NCc3ccccc3)[C@@H]3CCC2(O3)C1C(=O)Nc1c(C)cccc1C. The third-order valence-electron chi connectivity index (χ3n) is 8.40. The molecule has 3 aliphatic rings. The molecular weight excluding hydrogens is 470 g/mol. The molecule has 3 heterocycles. The molecule has 3 saturated heterocycles. The zero-order valence-corrected chi connectivity index (χ0v) is 21.6. The minimum atomic E-state index is -1.10. The Labute approximate surface area is 217 Å². The van der Waals surface area contributed by atoms with Gasteiger partial charge in [-0.2, -0.15) is 0 Å². The molecule has 8 nitrogen and oxygen atoms in total. The fraction of sp³-hybridized carbons (Fsp3) is 0.483. The number of benzene rings is 2. The summed E-state index contributed by atoms with van der Waals surface area (Å²) in [6, 6.07) is 13.9. The Bertz CT molecular complexity index is 1180. The van der Waals surface area contributed by atoms with Gasteiger partial charge in [-0.15, -0.1) is 0 Å². The van der Waals surface area contributed by atoms with Crippen molar-refractivity contribution in [1.82, 2.24) is 10.2 Å². The highest BCUT2D eigenvalue weighted by Crippen LogP contribution is 2.59. The fourth-order valence-electron chi connectivity index (χ4n) is 6.60. The van der Waals surface area contributed by atoms with Crippen molar-refractivity contribution in [2.24, 2.45) is 11.8 Å². The maximum absolute atomic E-state index is 14.0.